The minimum atomic E-state index is -0.800. The molecule has 3 aromatic carbocycles. The summed E-state index contributed by atoms with van der Waals surface area (Å²) in [4.78, 5) is 17.6. The van der Waals surface area contributed by atoms with Crippen molar-refractivity contribution in [3.05, 3.63) is 83.9 Å². The molecule has 0 radical (unpaired) electrons. The quantitative estimate of drug-likeness (QED) is 0.377. The zero-order valence-electron chi connectivity index (χ0n) is 20.4. The molecule has 0 N–H and O–H groups in total. The van der Waals surface area contributed by atoms with Gasteiger partial charge in [-0.3, -0.25) is 4.79 Å². The number of carbonyl (C=O) groups excluding carboxylic acids is 1. The van der Waals surface area contributed by atoms with Crippen LogP contribution in [0.4, 0.5) is 0 Å². The van der Waals surface area contributed by atoms with Gasteiger partial charge in [0, 0.05) is 23.4 Å². The average molecular weight is 484 g/mol. The van der Waals surface area contributed by atoms with E-state index in [0.717, 1.165) is 27.7 Å². The number of aromatic nitrogens is 1. The van der Waals surface area contributed by atoms with Crippen LogP contribution in [0.2, 0.25) is 0 Å². The molecule has 1 aliphatic heterocycles. The molecule has 1 amide bonds. The van der Waals surface area contributed by atoms with Crippen LogP contribution in [0.15, 0.2) is 77.9 Å². The fourth-order valence-corrected chi connectivity index (χ4v) is 4.31. The van der Waals surface area contributed by atoms with Crippen LogP contribution in [-0.4, -0.2) is 43.1 Å². The Balaban J connectivity index is 1.65. The number of ether oxygens (including phenoxy) is 4. The third-order valence-corrected chi connectivity index (χ3v) is 5.98. The second-order valence-corrected chi connectivity index (χ2v) is 8.10. The molecule has 8 heteroatoms. The molecule has 0 spiro atoms. The minimum absolute atomic E-state index is 0.232. The van der Waals surface area contributed by atoms with E-state index in [9.17, 15) is 4.79 Å². The first kappa shape index (κ1) is 23.2. The number of rotatable bonds is 6. The van der Waals surface area contributed by atoms with Crippen molar-refractivity contribution < 1.29 is 23.7 Å². The number of pyridine rings is 1. The van der Waals surface area contributed by atoms with Crippen molar-refractivity contribution in [2.75, 3.05) is 21.3 Å². The SMILES string of the molecule is COc1ccc(C2=NN(C(C)=O)[C@@H](c3cc(-c4ccccc4)nc4ccccc34)O2)c(OC)c1OC. The molecule has 0 unspecified atom stereocenters. The Morgan fingerprint density at radius 1 is 0.889 bits per heavy atom. The molecular weight excluding hydrogens is 458 g/mol. The van der Waals surface area contributed by atoms with E-state index < -0.39 is 6.23 Å². The van der Waals surface area contributed by atoms with Crippen molar-refractivity contribution in [1.82, 2.24) is 9.99 Å². The fraction of sp³-hybridized carbons (Fsp3) is 0.179. The molecule has 36 heavy (non-hydrogen) atoms. The van der Waals surface area contributed by atoms with Crippen LogP contribution in [0.3, 0.4) is 0 Å². The number of nitrogens with zero attached hydrogens (tertiary/aromatic N) is 3. The van der Waals surface area contributed by atoms with Gasteiger partial charge in [-0.1, -0.05) is 48.5 Å². The van der Waals surface area contributed by atoms with Gasteiger partial charge in [-0.25, -0.2) is 4.98 Å². The molecule has 1 aliphatic rings. The molecule has 0 saturated carbocycles. The highest BCUT2D eigenvalue weighted by Gasteiger charge is 2.36. The molecule has 0 saturated heterocycles. The first-order valence-electron chi connectivity index (χ1n) is 11.3. The number of methoxy groups -OCH3 is 3. The largest absolute Gasteiger partial charge is 0.493 e. The van der Waals surface area contributed by atoms with Gasteiger partial charge in [0.15, 0.2) is 11.5 Å². The Bertz CT molecular complexity index is 1470. The van der Waals surface area contributed by atoms with Gasteiger partial charge >= 0.3 is 0 Å². The minimum Gasteiger partial charge on any atom is -0.493 e. The molecule has 2 heterocycles. The number of para-hydroxylation sites is 1. The lowest BCUT2D eigenvalue weighted by atomic mass is 10.0. The van der Waals surface area contributed by atoms with Crippen molar-refractivity contribution in [2.45, 2.75) is 13.2 Å². The summed E-state index contributed by atoms with van der Waals surface area (Å²) >= 11 is 0. The molecule has 5 rings (SSSR count). The molecule has 182 valence electrons. The zero-order valence-corrected chi connectivity index (χ0v) is 20.4. The third kappa shape index (κ3) is 3.96. The number of benzene rings is 3. The topological polar surface area (TPSA) is 82.5 Å². The van der Waals surface area contributed by atoms with Gasteiger partial charge < -0.3 is 18.9 Å². The van der Waals surface area contributed by atoms with E-state index in [4.69, 9.17) is 23.9 Å². The van der Waals surface area contributed by atoms with Gasteiger partial charge in [-0.2, -0.15) is 5.01 Å². The summed E-state index contributed by atoms with van der Waals surface area (Å²) in [5.74, 6) is 1.27. The first-order valence-corrected chi connectivity index (χ1v) is 11.3. The predicted octanol–water partition coefficient (Wildman–Crippen LogP) is 5.17. The molecule has 0 aliphatic carbocycles. The average Bonchev–Trinajstić information content (AvgIpc) is 3.37. The lowest BCUT2D eigenvalue weighted by Crippen LogP contribution is -2.25. The number of carbonyl (C=O) groups is 1. The van der Waals surface area contributed by atoms with Crippen LogP contribution in [0.5, 0.6) is 17.2 Å². The van der Waals surface area contributed by atoms with Gasteiger partial charge in [-0.05, 0) is 24.3 Å². The van der Waals surface area contributed by atoms with Crippen LogP contribution < -0.4 is 14.2 Å². The molecule has 4 aromatic rings. The van der Waals surface area contributed by atoms with Crippen LogP contribution in [0, 0.1) is 0 Å². The summed E-state index contributed by atoms with van der Waals surface area (Å²) < 4.78 is 22.9. The smallest absolute Gasteiger partial charge is 0.245 e. The summed E-state index contributed by atoms with van der Waals surface area (Å²) in [5, 5.41) is 6.75. The van der Waals surface area contributed by atoms with Crippen molar-refractivity contribution >= 4 is 22.7 Å². The van der Waals surface area contributed by atoms with Crippen LogP contribution >= 0.6 is 0 Å². The van der Waals surface area contributed by atoms with Crippen LogP contribution in [0.25, 0.3) is 22.2 Å². The number of hydrogen-bond donors (Lipinski definition) is 0. The van der Waals surface area contributed by atoms with Crippen LogP contribution in [-0.2, 0) is 9.53 Å². The highest BCUT2D eigenvalue weighted by Crippen LogP contribution is 2.43. The molecular formula is C28H25N3O5. The standard InChI is InChI=1S/C28H25N3O5/c1-17(32)31-28(36-27(30-31)20-14-15-24(33-2)26(35-4)25(20)34-3)21-16-23(18-10-6-5-7-11-18)29-22-13-9-8-12-19(21)22/h5-16,28H,1-4H3/t28-/m1/s1. The van der Waals surface area contributed by atoms with E-state index in [1.54, 1.807) is 19.2 Å². The number of hydrogen-bond acceptors (Lipinski definition) is 7. The van der Waals surface area contributed by atoms with E-state index in [0.29, 0.717) is 22.8 Å². The van der Waals surface area contributed by atoms with Gasteiger partial charge in [0.2, 0.25) is 23.8 Å². The Hall–Kier alpha value is -4.59. The fourth-order valence-electron chi connectivity index (χ4n) is 4.31. The lowest BCUT2D eigenvalue weighted by Gasteiger charge is -2.22. The maximum Gasteiger partial charge on any atom is 0.245 e. The molecule has 1 aromatic heterocycles. The second-order valence-electron chi connectivity index (χ2n) is 8.10. The summed E-state index contributed by atoms with van der Waals surface area (Å²) in [6, 6.07) is 23.1. The predicted molar refractivity (Wildman–Crippen MR) is 136 cm³/mol. The Kier molecular flexibility index (Phi) is 6.16. The molecule has 0 fully saturated rings. The van der Waals surface area contributed by atoms with Crippen molar-refractivity contribution in [1.29, 1.82) is 0 Å². The highest BCUT2D eigenvalue weighted by atomic mass is 16.5. The van der Waals surface area contributed by atoms with Gasteiger partial charge in [-0.15, -0.1) is 5.10 Å². The van der Waals surface area contributed by atoms with Crippen molar-refractivity contribution in [3.8, 4) is 28.5 Å². The Morgan fingerprint density at radius 3 is 2.31 bits per heavy atom. The normalized spacial score (nSPS) is 14.8. The van der Waals surface area contributed by atoms with Crippen molar-refractivity contribution in [3.63, 3.8) is 0 Å². The zero-order chi connectivity index (χ0) is 25.2. The molecule has 8 nitrogen and oxygen atoms in total. The summed E-state index contributed by atoms with van der Waals surface area (Å²) in [5.41, 5.74) is 3.82. The first-order chi connectivity index (χ1) is 17.5. The summed E-state index contributed by atoms with van der Waals surface area (Å²) in [7, 11) is 4.60. The Labute approximate surface area is 208 Å². The molecule has 1 atom stereocenters. The van der Waals surface area contributed by atoms with Gasteiger partial charge in [0.05, 0.1) is 38.1 Å². The monoisotopic (exact) mass is 483 g/mol. The highest BCUT2D eigenvalue weighted by molar-refractivity contribution is 6.00. The third-order valence-electron chi connectivity index (χ3n) is 5.98. The van der Waals surface area contributed by atoms with E-state index in [1.165, 1.54) is 26.2 Å². The van der Waals surface area contributed by atoms with E-state index >= 15 is 0 Å². The maximum absolute atomic E-state index is 12.7. The number of fused-ring (bicyclic) bond motifs is 1. The van der Waals surface area contributed by atoms with Crippen molar-refractivity contribution in [2.24, 2.45) is 5.10 Å². The van der Waals surface area contributed by atoms with Crippen LogP contribution in [0.1, 0.15) is 24.3 Å². The maximum atomic E-state index is 12.7. The van der Waals surface area contributed by atoms with E-state index in [1.807, 2.05) is 60.7 Å². The van der Waals surface area contributed by atoms with Gasteiger partial charge in [0.25, 0.3) is 0 Å². The second kappa shape index (κ2) is 9.58. The summed E-state index contributed by atoms with van der Waals surface area (Å²) in [6.07, 6.45) is -0.800. The molecule has 0 bridgehead atoms. The summed E-state index contributed by atoms with van der Waals surface area (Å²) in [6.45, 7) is 1.45. The van der Waals surface area contributed by atoms with E-state index in [2.05, 4.69) is 5.10 Å². The van der Waals surface area contributed by atoms with E-state index in [-0.39, 0.29) is 11.8 Å². The number of hydrazone groups is 1. The van der Waals surface area contributed by atoms with Gasteiger partial charge in [0.1, 0.15) is 0 Å². The Morgan fingerprint density at radius 2 is 1.61 bits per heavy atom. The lowest BCUT2D eigenvalue weighted by molar-refractivity contribution is -0.135. The number of amides is 1.